The molecule has 118 valence electrons. The van der Waals surface area contributed by atoms with Gasteiger partial charge in [0, 0.05) is 18.0 Å². The molecule has 0 fully saturated rings. The molecule has 0 aliphatic carbocycles. The van der Waals surface area contributed by atoms with Crippen LogP contribution in [-0.4, -0.2) is 20.7 Å². The van der Waals surface area contributed by atoms with Gasteiger partial charge in [-0.3, -0.25) is 4.79 Å². The summed E-state index contributed by atoms with van der Waals surface area (Å²) in [6.07, 6.45) is 3.58. The zero-order valence-corrected chi connectivity index (χ0v) is 13.5. The minimum Gasteiger partial charge on any atom is -0.346 e. The van der Waals surface area contributed by atoms with Gasteiger partial charge < -0.3 is 5.32 Å². The molecule has 0 radical (unpaired) electrons. The van der Waals surface area contributed by atoms with Crippen LogP contribution in [-0.2, 0) is 6.54 Å². The van der Waals surface area contributed by atoms with Crippen LogP contribution >= 0.6 is 11.3 Å². The van der Waals surface area contributed by atoms with Gasteiger partial charge in [0.2, 0.25) is 0 Å². The maximum Gasteiger partial charge on any atom is 0.251 e. The molecule has 6 heteroatoms. The molecular formula is C18H14N4OS. The largest absolute Gasteiger partial charge is 0.346 e. The first-order valence-electron chi connectivity index (χ1n) is 7.52. The van der Waals surface area contributed by atoms with E-state index in [1.807, 2.05) is 48.7 Å². The van der Waals surface area contributed by atoms with Crippen molar-refractivity contribution in [3.8, 4) is 5.69 Å². The molecule has 0 bridgehead atoms. The summed E-state index contributed by atoms with van der Waals surface area (Å²) >= 11 is 1.60. The lowest BCUT2D eigenvalue weighted by atomic mass is 10.2. The zero-order chi connectivity index (χ0) is 16.4. The Hall–Kier alpha value is -2.99. The SMILES string of the molecule is O=C(NCc1nc2ccccc2s1)c1ccc(-n2cccn2)cc1. The fourth-order valence-corrected chi connectivity index (χ4v) is 3.35. The number of nitrogens with zero attached hydrogens (tertiary/aromatic N) is 3. The van der Waals surface area contributed by atoms with Crippen molar-refractivity contribution in [1.82, 2.24) is 20.1 Å². The summed E-state index contributed by atoms with van der Waals surface area (Å²) in [6, 6.07) is 17.2. The summed E-state index contributed by atoms with van der Waals surface area (Å²) in [5.41, 5.74) is 2.50. The molecule has 0 saturated heterocycles. The Bertz CT molecular complexity index is 941. The van der Waals surface area contributed by atoms with Crippen molar-refractivity contribution in [3.05, 3.63) is 77.6 Å². The molecule has 1 amide bonds. The van der Waals surface area contributed by atoms with Gasteiger partial charge in [-0.05, 0) is 42.5 Å². The number of rotatable bonds is 4. The second-order valence-corrected chi connectivity index (χ2v) is 6.37. The lowest BCUT2D eigenvalue weighted by Gasteiger charge is -2.05. The van der Waals surface area contributed by atoms with E-state index in [2.05, 4.69) is 15.4 Å². The lowest BCUT2D eigenvalue weighted by molar-refractivity contribution is 0.0951. The standard InChI is InChI=1S/C18H14N4OS/c23-18(13-6-8-14(9-7-13)22-11-3-10-20-22)19-12-17-21-15-4-1-2-5-16(15)24-17/h1-11H,12H2,(H,19,23). The van der Waals surface area contributed by atoms with E-state index in [-0.39, 0.29) is 5.91 Å². The first-order chi connectivity index (χ1) is 11.8. The molecule has 0 atom stereocenters. The number of aromatic nitrogens is 3. The van der Waals surface area contributed by atoms with Gasteiger partial charge in [0.1, 0.15) is 5.01 Å². The maximum atomic E-state index is 12.3. The minimum atomic E-state index is -0.110. The second-order valence-electron chi connectivity index (χ2n) is 5.26. The van der Waals surface area contributed by atoms with Gasteiger partial charge in [-0.25, -0.2) is 9.67 Å². The Balaban J connectivity index is 1.44. The first-order valence-corrected chi connectivity index (χ1v) is 8.34. The van der Waals surface area contributed by atoms with E-state index in [9.17, 15) is 4.79 Å². The number of nitrogens with one attached hydrogen (secondary N) is 1. The average molecular weight is 334 g/mol. The molecule has 2 aromatic heterocycles. The molecule has 1 N–H and O–H groups in total. The number of amides is 1. The zero-order valence-electron chi connectivity index (χ0n) is 12.7. The molecule has 2 heterocycles. The summed E-state index contributed by atoms with van der Waals surface area (Å²) in [5, 5.41) is 7.98. The number of para-hydroxylation sites is 1. The Morgan fingerprint density at radius 3 is 2.67 bits per heavy atom. The lowest BCUT2D eigenvalue weighted by Crippen LogP contribution is -2.22. The van der Waals surface area contributed by atoms with Gasteiger partial charge in [0.05, 0.1) is 22.4 Å². The average Bonchev–Trinajstić information content (AvgIpc) is 3.29. The van der Waals surface area contributed by atoms with Crippen LogP contribution < -0.4 is 5.32 Å². The van der Waals surface area contributed by atoms with E-state index in [0.29, 0.717) is 12.1 Å². The van der Waals surface area contributed by atoms with Crippen molar-refractivity contribution in [1.29, 1.82) is 0 Å². The van der Waals surface area contributed by atoms with Crippen molar-refractivity contribution in [2.75, 3.05) is 0 Å². The summed E-state index contributed by atoms with van der Waals surface area (Å²) in [4.78, 5) is 16.8. The van der Waals surface area contributed by atoms with E-state index < -0.39 is 0 Å². The van der Waals surface area contributed by atoms with E-state index >= 15 is 0 Å². The topological polar surface area (TPSA) is 59.8 Å². The number of benzene rings is 2. The van der Waals surface area contributed by atoms with Crippen molar-refractivity contribution in [2.45, 2.75) is 6.54 Å². The predicted octanol–water partition coefficient (Wildman–Crippen LogP) is 3.41. The van der Waals surface area contributed by atoms with Crippen molar-refractivity contribution >= 4 is 27.5 Å². The predicted molar refractivity (Wildman–Crippen MR) is 94.4 cm³/mol. The quantitative estimate of drug-likeness (QED) is 0.622. The maximum absolute atomic E-state index is 12.3. The summed E-state index contributed by atoms with van der Waals surface area (Å²) in [7, 11) is 0. The molecule has 4 aromatic rings. The highest BCUT2D eigenvalue weighted by Crippen LogP contribution is 2.21. The van der Waals surface area contributed by atoms with Crippen LogP contribution in [0.25, 0.3) is 15.9 Å². The van der Waals surface area contributed by atoms with Gasteiger partial charge in [-0.15, -0.1) is 11.3 Å². The van der Waals surface area contributed by atoms with Gasteiger partial charge in [-0.1, -0.05) is 12.1 Å². The highest BCUT2D eigenvalue weighted by molar-refractivity contribution is 7.18. The molecule has 2 aromatic carbocycles. The summed E-state index contributed by atoms with van der Waals surface area (Å²) < 4.78 is 2.88. The third-order valence-corrected chi connectivity index (χ3v) is 4.67. The Morgan fingerprint density at radius 1 is 1.08 bits per heavy atom. The number of thiazole rings is 1. The molecular weight excluding hydrogens is 320 g/mol. The van der Waals surface area contributed by atoms with E-state index in [1.165, 1.54) is 0 Å². The number of carbonyl (C=O) groups is 1. The fraction of sp³-hybridized carbons (Fsp3) is 0.0556. The van der Waals surface area contributed by atoms with Crippen LogP contribution in [0.2, 0.25) is 0 Å². The molecule has 5 nitrogen and oxygen atoms in total. The van der Waals surface area contributed by atoms with Crippen LogP contribution in [0.5, 0.6) is 0 Å². The molecule has 4 rings (SSSR count). The fourth-order valence-electron chi connectivity index (χ4n) is 2.44. The minimum absolute atomic E-state index is 0.110. The summed E-state index contributed by atoms with van der Waals surface area (Å²) in [6.45, 7) is 0.430. The van der Waals surface area contributed by atoms with Crippen LogP contribution in [0.1, 0.15) is 15.4 Å². The molecule has 24 heavy (non-hydrogen) atoms. The van der Waals surface area contributed by atoms with Crippen LogP contribution in [0, 0.1) is 0 Å². The number of hydrogen-bond acceptors (Lipinski definition) is 4. The van der Waals surface area contributed by atoms with Crippen molar-refractivity contribution < 1.29 is 4.79 Å². The monoisotopic (exact) mass is 334 g/mol. The van der Waals surface area contributed by atoms with Crippen LogP contribution in [0.3, 0.4) is 0 Å². The molecule has 0 aliphatic rings. The number of fused-ring (bicyclic) bond motifs is 1. The number of carbonyl (C=O) groups excluding carboxylic acids is 1. The van der Waals surface area contributed by atoms with Crippen LogP contribution in [0.15, 0.2) is 67.0 Å². The van der Waals surface area contributed by atoms with Gasteiger partial charge in [0.15, 0.2) is 0 Å². The number of hydrogen-bond donors (Lipinski definition) is 1. The third-order valence-electron chi connectivity index (χ3n) is 3.64. The van der Waals surface area contributed by atoms with E-state index in [0.717, 1.165) is 20.9 Å². The summed E-state index contributed by atoms with van der Waals surface area (Å²) in [5.74, 6) is -0.110. The highest BCUT2D eigenvalue weighted by Gasteiger charge is 2.08. The smallest absolute Gasteiger partial charge is 0.251 e. The Kier molecular flexibility index (Phi) is 3.80. The van der Waals surface area contributed by atoms with Gasteiger partial charge in [0.25, 0.3) is 5.91 Å². The molecule has 0 unspecified atom stereocenters. The van der Waals surface area contributed by atoms with Crippen molar-refractivity contribution in [3.63, 3.8) is 0 Å². The van der Waals surface area contributed by atoms with Gasteiger partial charge in [-0.2, -0.15) is 5.10 Å². The Labute approximate surface area is 142 Å². The van der Waals surface area contributed by atoms with Crippen molar-refractivity contribution in [2.24, 2.45) is 0 Å². The third kappa shape index (κ3) is 2.91. The van der Waals surface area contributed by atoms with Crippen LogP contribution in [0.4, 0.5) is 0 Å². The second kappa shape index (κ2) is 6.25. The van der Waals surface area contributed by atoms with Gasteiger partial charge >= 0.3 is 0 Å². The normalized spacial score (nSPS) is 10.8. The highest BCUT2D eigenvalue weighted by atomic mass is 32.1. The molecule has 0 saturated carbocycles. The first kappa shape index (κ1) is 14.6. The van der Waals surface area contributed by atoms with E-state index in [4.69, 9.17) is 0 Å². The Morgan fingerprint density at radius 2 is 1.92 bits per heavy atom. The molecule has 0 aliphatic heterocycles. The van der Waals surface area contributed by atoms with E-state index in [1.54, 1.807) is 34.3 Å². The molecule has 0 spiro atoms.